The molecule has 0 aliphatic heterocycles. The predicted octanol–water partition coefficient (Wildman–Crippen LogP) is 3.37. The lowest BCUT2D eigenvalue weighted by atomic mass is 10.1. The number of nitrogens with one attached hydrogen (secondary N) is 1. The van der Waals surface area contributed by atoms with Crippen LogP contribution in [0, 0.1) is 24.0 Å². The first kappa shape index (κ1) is 13.1. The molecule has 0 saturated carbocycles. The fourth-order valence-electron chi connectivity index (χ4n) is 2.17. The zero-order chi connectivity index (χ0) is 14.0. The van der Waals surface area contributed by atoms with Gasteiger partial charge in [0.05, 0.1) is 16.7 Å². The van der Waals surface area contributed by atoms with Crippen LogP contribution < -0.4 is 5.32 Å². The number of para-hydroxylation sites is 2. The van der Waals surface area contributed by atoms with E-state index in [0.29, 0.717) is 5.69 Å². The third-order valence-corrected chi connectivity index (χ3v) is 2.99. The zero-order valence-electron chi connectivity index (χ0n) is 11.0. The van der Waals surface area contributed by atoms with Crippen molar-refractivity contribution in [3.05, 3.63) is 51.4 Å². The Kier molecular flexibility index (Phi) is 3.50. The second-order valence-electron chi connectivity index (χ2n) is 4.38. The summed E-state index contributed by atoms with van der Waals surface area (Å²) in [5.41, 5.74) is 2.26. The Balaban J connectivity index is 2.29. The van der Waals surface area contributed by atoms with Crippen molar-refractivity contribution >= 4 is 11.4 Å². The Bertz CT molecular complexity index is 587. The molecule has 0 spiro atoms. The van der Waals surface area contributed by atoms with Gasteiger partial charge < -0.3 is 9.84 Å². The molecule has 2 rings (SSSR count). The minimum atomic E-state index is -0.400. The number of aryl methyl sites for hydroxylation is 2. The summed E-state index contributed by atoms with van der Waals surface area (Å²) in [4.78, 5) is 10.6. The number of anilines is 1. The van der Waals surface area contributed by atoms with Gasteiger partial charge in [0, 0.05) is 11.6 Å². The molecule has 1 heterocycles. The van der Waals surface area contributed by atoms with Crippen molar-refractivity contribution in [1.82, 2.24) is 5.16 Å². The number of hydrogen-bond acceptors (Lipinski definition) is 5. The molecule has 0 saturated heterocycles. The van der Waals surface area contributed by atoms with Gasteiger partial charge in [-0.1, -0.05) is 17.3 Å². The van der Waals surface area contributed by atoms with Crippen LogP contribution in [0.15, 0.2) is 28.8 Å². The highest BCUT2D eigenvalue weighted by molar-refractivity contribution is 5.62. The molecule has 19 heavy (non-hydrogen) atoms. The summed E-state index contributed by atoms with van der Waals surface area (Å²) < 4.78 is 5.11. The smallest absolute Gasteiger partial charge is 0.292 e. The Labute approximate surface area is 110 Å². The van der Waals surface area contributed by atoms with Gasteiger partial charge in [-0.3, -0.25) is 10.1 Å². The third kappa shape index (κ3) is 2.57. The summed E-state index contributed by atoms with van der Waals surface area (Å²) in [5.74, 6) is 0.719. The Morgan fingerprint density at radius 2 is 2.05 bits per heavy atom. The normalized spacial score (nSPS) is 12.2. The highest BCUT2D eigenvalue weighted by Crippen LogP contribution is 2.29. The monoisotopic (exact) mass is 261 g/mol. The molecule has 1 N–H and O–H groups in total. The maximum absolute atomic E-state index is 11.0. The molecule has 1 aromatic carbocycles. The van der Waals surface area contributed by atoms with E-state index < -0.39 is 4.92 Å². The topological polar surface area (TPSA) is 81.2 Å². The van der Waals surface area contributed by atoms with Gasteiger partial charge in [-0.2, -0.15) is 0 Å². The predicted molar refractivity (Wildman–Crippen MR) is 71.1 cm³/mol. The Hall–Kier alpha value is -2.37. The number of hydrogen-bond donors (Lipinski definition) is 1. The molecule has 0 aliphatic carbocycles. The second-order valence-corrected chi connectivity index (χ2v) is 4.38. The van der Waals surface area contributed by atoms with Gasteiger partial charge in [0.2, 0.25) is 0 Å². The van der Waals surface area contributed by atoms with Crippen molar-refractivity contribution in [3.63, 3.8) is 0 Å². The van der Waals surface area contributed by atoms with Gasteiger partial charge in [-0.25, -0.2) is 0 Å². The average molecular weight is 261 g/mol. The minimum Gasteiger partial charge on any atom is -0.373 e. The molecule has 100 valence electrons. The van der Waals surface area contributed by atoms with E-state index in [1.165, 1.54) is 6.07 Å². The van der Waals surface area contributed by atoms with E-state index in [1.807, 2.05) is 20.8 Å². The largest absolute Gasteiger partial charge is 0.373 e. The fraction of sp³-hybridized carbons (Fsp3) is 0.308. The van der Waals surface area contributed by atoms with E-state index in [-0.39, 0.29) is 11.7 Å². The maximum atomic E-state index is 11.0. The number of nitro benzene ring substituents is 1. The molecule has 0 fully saturated rings. The molecular formula is C13H15N3O3. The number of rotatable bonds is 4. The van der Waals surface area contributed by atoms with Crippen molar-refractivity contribution in [2.45, 2.75) is 26.8 Å². The van der Waals surface area contributed by atoms with Gasteiger partial charge in [0.25, 0.3) is 5.69 Å². The van der Waals surface area contributed by atoms with Gasteiger partial charge in [-0.05, 0) is 26.8 Å². The van der Waals surface area contributed by atoms with Crippen molar-refractivity contribution in [1.29, 1.82) is 0 Å². The van der Waals surface area contributed by atoms with E-state index in [9.17, 15) is 10.1 Å². The lowest BCUT2D eigenvalue weighted by Gasteiger charge is -2.15. The van der Waals surface area contributed by atoms with E-state index in [2.05, 4.69) is 10.5 Å². The average Bonchev–Trinajstić information content (AvgIpc) is 2.69. The molecule has 0 radical (unpaired) electrons. The molecule has 6 nitrogen and oxygen atoms in total. The summed E-state index contributed by atoms with van der Waals surface area (Å²) in [5, 5.41) is 18.0. The molecule has 1 unspecified atom stereocenters. The fourth-order valence-corrected chi connectivity index (χ4v) is 2.17. The SMILES string of the molecule is Cc1noc(C)c1C(C)Nc1ccccc1[N+](=O)[O-]. The molecule has 0 bridgehead atoms. The van der Waals surface area contributed by atoms with E-state index in [1.54, 1.807) is 18.2 Å². The highest BCUT2D eigenvalue weighted by atomic mass is 16.6. The molecule has 1 atom stereocenters. The molecule has 2 aromatic rings. The summed E-state index contributed by atoms with van der Waals surface area (Å²) in [6.45, 7) is 5.60. The van der Waals surface area contributed by atoms with Crippen LogP contribution in [0.5, 0.6) is 0 Å². The highest BCUT2D eigenvalue weighted by Gasteiger charge is 2.19. The van der Waals surface area contributed by atoms with Gasteiger partial charge in [0.1, 0.15) is 11.4 Å². The van der Waals surface area contributed by atoms with Crippen LogP contribution in [-0.2, 0) is 0 Å². The lowest BCUT2D eigenvalue weighted by Crippen LogP contribution is -2.09. The number of benzene rings is 1. The maximum Gasteiger partial charge on any atom is 0.292 e. The van der Waals surface area contributed by atoms with Crippen molar-refractivity contribution in [2.75, 3.05) is 5.32 Å². The molecular weight excluding hydrogens is 246 g/mol. The van der Waals surface area contributed by atoms with E-state index in [0.717, 1.165) is 17.0 Å². The van der Waals surface area contributed by atoms with Crippen LogP contribution in [-0.4, -0.2) is 10.1 Å². The van der Waals surface area contributed by atoms with Gasteiger partial charge in [0.15, 0.2) is 0 Å². The minimum absolute atomic E-state index is 0.0566. The van der Waals surface area contributed by atoms with Gasteiger partial charge >= 0.3 is 0 Å². The zero-order valence-corrected chi connectivity index (χ0v) is 11.0. The quantitative estimate of drug-likeness (QED) is 0.674. The van der Waals surface area contributed by atoms with Crippen LogP contribution in [0.3, 0.4) is 0 Å². The first-order valence-corrected chi connectivity index (χ1v) is 5.93. The molecule has 0 amide bonds. The Morgan fingerprint density at radius 3 is 2.63 bits per heavy atom. The van der Waals surface area contributed by atoms with Crippen LogP contribution in [0.2, 0.25) is 0 Å². The summed E-state index contributed by atoms with van der Waals surface area (Å²) in [6, 6.07) is 6.45. The van der Waals surface area contributed by atoms with Crippen molar-refractivity contribution in [3.8, 4) is 0 Å². The van der Waals surface area contributed by atoms with E-state index in [4.69, 9.17) is 4.52 Å². The summed E-state index contributed by atoms with van der Waals surface area (Å²) >= 11 is 0. The summed E-state index contributed by atoms with van der Waals surface area (Å²) in [7, 11) is 0. The van der Waals surface area contributed by atoms with Crippen LogP contribution in [0.4, 0.5) is 11.4 Å². The number of nitro groups is 1. The summed E-state index contributed by atoms with van der Waals surface area (Å²) in [6.07, 6.45) is 0. The molecule has 6 heteroatoms. The van der Waals surface area contributed by atoms with Crippen LogP contribution in [0.1, 0.15) is 30.0 Å². The van der Waals surface area contributed by atoms with Crippen molar-refractivity contribution < 1.29 is 9.45 Å². The second kappa shape index (κ2) is 5.09. The standard InChI is InChI=1S/C13H15N3O3/c1-8(13-9(2)15-19-10(13)3)14-11-6-4-5-7-12(11)16(17)18/h4-8,14H,1-3H3. The molecule has 1 aromatic heterocycles. The van der Waals surface area contributed by atoms with E-state index >= 15 is 0 Å². The first-order valence-electron chi connectivity index (χ1n) is 5.93. The number of aromatic nitrogens is 1. The van der Waals surface area contributed by atoms with Crippen LogP contribution >= 0.6 is 0 Å². The van der Waals surface area contributed by atoms with Crippen LogP contribution in [0.25, 0.3) is 0 Å². The van der Waals surface area contributed by atoms with Crippen molar-refractivity contribution in [2.24, 2.45) is 0 Å². The molecule has 0 aliphatic rings. The lowest BCUT2D eigenvalue weighted by molar-refractivity contribution is -0.384. The first-order chi connectivity index (χ1) is 9.00. The van der Waals surface area contributed by atoms with Gasteiger partial charge in [-0.15, -0.1) is 0 Å². The Morgan fingerprint density at radius 1 is 1.37 bits per heavy atom. The third-order valence-electron chi connectivity index (χ3n) is 2.99. The number of nitrogens with zero attached hydrogens (tertiary/aromatic N) is 2.